The molecule has 2 N–H and O–H groups in total. The molecule has 3 aromatic rings. The van der Waals surface area contributed by atoms with Crippen molar-refractivity contribution in [1.29, 1.82) is 0 Å². The topological polar surface area (TPSA) is 78.9 Å². The van der Waals surface area contributed by atoms with Crippen molar-refractivity contribution in [2.24, 2.45) is 5.73 Å². The summed E-state index contributed by atoms with van der Waals surface area (Å²) < 4.78 is 20.1. The average Bonchev–Trinajstić information content (AvgIpc) is 2.98. The Morgan fingerprint density at radius 3 is 2.76 bits per heavy atom. The quantitative estimate of drug-likeness (QED) is 0.793. The summed E-state index contributed by atoms with van der Waals surface area (Å²) in [5.74, 6) is -0.268. The van der Waals surface area contributed by atoms with Gasteiger partial charge in [-0.25, -0.2) is 14.1 Å². The van der Waals surface area contributed by atoms with Crippen molar-refractivity contribution in [3.63, 3.8) is 0 Å². The van der Waals surface area contributed by atoms with Crippen LogP contribution in [0.25, 0.3) is 5.69 Å². The van der Waals surface area contributed by atoms with E-state index < -0.39 is 5.82 Å². The number of halogens is 1. The molecule has 3 rings (SSSR count). The van der Waals surface area contributed by atoms with Gasteiger partial charge in [0.15, 0.2) is 0 Å². The highest BCUT2D eigenvalue weighted by molar-refractivity contribution is 5.31. The van der Waals surface area contributed by atoms with E-state index in [1.165, 1.54) is 12.4 Å². The number of hydrogen-bond acceptors (Lipinski definition) is 5. The normalized spacial score (nSPS) is 10.6. The van der Waals surface area contributed by atoms with E-state index in [1.807, 2.05) is 30.3 Å². The summed E-state index contributed by atoms with van der Waals surface area (Å²) in [7, 11) is 0. The van der Waals surface area contributed by atoms with Gasteiger partial charge in [0.25, 0.3) is 0 Å². The van der Waals surface area contributed by atoms with E-state index in [4.69, 9.17) is 10.5 Å². The van der Waals surface area contributed by atoms with Crippen LogP contribution in [0.1, 0.15) is 5.56 Å². The highest BCUT2D eigenvalue weighted by Gasteiger charge is 2.10. The molecule has 0 spiro atoms. The molecule has 0 amide bonds. The predicted molar refractivity (Wildman–Crippen MR) is 73.5 cm³/mol. The van der Waals surface area contributed by atoms with Crippen LogP contribution in [-0.2, 0) is 6.54 Å². The Morgan fingerprint density at radius 1 is 1.19 bits per heavy atom. The van der Waals surface area contributed by atoms with Gasteiger partial charge in [-0.2, -0.15) is 4.98 Å². The molecule has 2 heterocycles. The molecule has 0 aliphatic heterocycles. The van der Waals surface area contributed by atoms with Gasteiger partial charge < -0.3 is 10.5 Å². The highest BCUT2D eigenvalue weighted by atomic mass is 19.1. The lowest BCUT2D eigenvalue weighted by Gasteiger charge is -2.05. The number of para-hydroxylation sites is 1. The molecule has 0 radical (unpaired) electrons. The third-order valence-electron chi connectivity index (χ3n) is 2.79. The minimum atomic E-state index is -0.467. The maximum Gasteiger partial charge on any atom is 0.342 e. The first-order chi connectivity index (χ1) is 10.3. The van der Waals surface area contributed by atoms with Gasteiger partial charge in [0.2, 0.25) is 5.88 Å². The van der Waals surface area contributed by atoms with E-state index >= 15 is 0 Å². The number of rotatable bonds is 4. The molecule has 6 nitrogen and oxygen atoms in total. The van der Waals surface area contributed by atoms with Crippen molar-refractivity contribution in [1.82, 2.24) is 19.7 Å². The van der Waals surface area contributed by atoms with Crippen molar-refractivity contribution in [2.45, 2.75) is 6.54 Å². The molecule has 7 heteroatoms. The third-order valence-corrected chi connectivity index (χ3v) is 2.79. The van der Waals surface area contributed by atoms with Crippen LogP contribution >= 0.6 is 0 Å². The second kappa shape index (κ2) is 5.68. The van der Waals surface area contributed by atoms with Gasteiger partial charge in [0, 0.05) is 12.1 Å². The van der Waals surface area contributed by atoms with Crippen LogP contribution in [0.2, 0.25) is 0 Å². The molecule has 0 atom stereocenters. The Morgan fingerprint density at radius 2 is 2.00 bits per heavy atom. The van der Waals surface area contributed by atoms with Crippen molar-refractivity contribution in [2.75, 3.05) is 0 Å². The second-order valence-electron chi connectivity index (χ2n) is 4.23. The van der Waals surface area contributed by atoms with E-state index in [9.17, 15) is 4.39 Å². The number of ether oxygens (including phenoxy) is 1. The van der Waals surface area contributed by atoms with Crippen molar-refractivity contribution in [3.05, 3.63) is 60.3 Å². The van der Waals surface area contributed by atoms with Crippen LogP contribution in [0.5, 0.6) is 11.9 Å². The summed E-state index contributed by atoms with van der Waals surface area (Å²) in [6.45, 7) is 0.111. The second-order valence-corrected chi connectivity index (χ2v) is 4.23. The zero-order valence-electron chi connectivity index (χ0n) is 11.0. The Hall–Kier alpha value is -2.80. The summed E-state index contributed by atoms with van der Waals surface area (Å²) >= 11 is 0. The van der Waals surface area contributed by atoms with Crippen LogP contribution in [0.3, 0.4) is 0 Å². The first kappa shape index (κ1) is 13.2. The third kappa shape index (κ3) is 2.87. The summed E-state index contributed by atoms with van der Waals surface area (Å²) in [5.41, 5.74) is 6.84. The molecule has 1 aromatic carbocycles. The maximum absolute atomic E-state index is 13.1. The minimum Gasteiger partial charge on any atom is -0.404 e. The van der Waals surface area contributed by atoms with E-state index in [-0.39, 0.29) is 18.4 Å². The van der Waals surface area contributed by atoms with Gasteiger partial charge in [0.1, 0.15) is 12.1 Å². The molecule has 0 fully saturated rings. The molecule has 21 heavy (non-hydrogen) atoms. The number of hydrogen-bond donors (Lipinski definition) is 1. The highest BCUT2D eigenvalue weighted by Crippen LogP contribution is 2.20. The molecular formula is C14H12FN5O. The zero-order chi connectivity index (χ0) is 14.7. The number of nitrogens with two attached hydrogens (primary N) is 1. The monoisotopic (exact) mass is 285 g/mol. The Labute approximate surface area is 120 Å². The number of aromatic nitrogens is 4. The lowest BCUT2D eigenvalue weighted by molar-refractivity contribution is 0.416. The lowest BCUT2D eigenvalue weighted by Crippen LogP contribution is -2.03. The standard InChI is InChI=1S/C14H12FN5O/c15-11-6-10(7-16)13(17-8-11)21-14-18-9-20(19-14)12-4-2-1-3-5-12/h1-6,8-9H,7,16H2. The minimum absolute atomic E-state index is 0.111. The van der Waals surface area contributed by atoms with E-state index in [2.05, 4.69) is 15.1 Å². The summed E-state index contributed by atoms with van der Waals surface area (Å²) in [6, 6.07) is 10.9. The zero-order valence-corrected chi connectivity index (χ0v) is 11.0. The Kier molecular flexibility index (Phi) is 3.57. The van der Waals surface area contributed by atoms with Crippen molar-refractivity contribution in [3.8, 4) is 17.6 Å². The molecule has 0 unspecified atom stereocenters. The van der Waals surface area contributed by atoms with Gasteiger partial charge in [-0.05, 0) is 18.2 Å². The number of pyridine rings is 1. The van der Waals surface area contributed by atoms with Gasteiger partial charge in [0.05, 0.1) is 11.9 Å². The first-order valence-electron chi connectivity index (χ1n) is 6.25. The van der Waals surface area contributed by atoms with Crippen LogP contribution in [-0.4, -0.2) is 19.7 Å². The summed E-state index contributed by atoms with van der Waals surface area (Å²) in [5, 5.41) is 4.18. The van der Waals surface area contributed by atoms with Crippen LogP contribution in [0.15, 0.2) is 48.9 Å². The fourth-order valence-electron chi connectivity index (χ4n) is 1.79. The van der Waals surface area contributed by atoms with Crippen LogP contribution in [0.4, 0.5) is 4.39 Å². The molecule has 0 saturated carbocycles. The lowest BCUT2D eigenvalue weighted by atomic mass is 10.3. The van der Waals surface area contributed by atoms with Crippen molar-refractivity contribution < 1.29 is 9.13 Å². The Bertz CT molecular complexity index is 744. The number of benzene rings is 1. The number of nitrogens with zero attached hydrogens (tertiary/aromatic N) is 4. The summed E-state index contributed by atoms with van der Waals surface area (Å²) in [4.78, 5) is 7.90. The van der Waals surface area contributed by atoms with E-state index in [0.717, 1.165) is 11.9 Å². The van der Waals surface area contributed by atoms with Gasteiger partial charge in [-0.3, -0.25) is 0 Å². The molecular weight excluding hydrogens is 273 g/mol. The van der Waals surface area contributed by atoms with E-state index in [1.54, 1.807) is 4.68 Å². The summed E-state index contributed by atoms with van der Waals surface area (Å²) in [6.07, 6.45) is 2.58. The maximum atomic E-state index is 13.1. The SMILES string of the molecule is NCc1cc(F)cnc1Oc1ncn(-c2ccccc2)n1. The van der Waals surface area contributed by atoms with Gasteiger partial charge >= 0.3 is 6.01 Å². The van der Waals surface area contributed by atoms with Gasteiger partial charge in [-0.1, -0.05) is 18.2 Å². The fourth-order valence-corrected chi connectivity index (χ4v) is 1.79. The molecule has 0 bridgehead atoms. The molecule has 0 aliphatic carbocycles. The van der Waals surface area contributed by atoms with Crippen molar-refractivity contribution >= 4 is 0 Å². The molecule has 2 aromatic heterocycles. The predicted octanol–water partition coefficient (Wildman–Crippen LogP) is 2.05. The first-order valence-corrected chi connectivity index (χ1v) is 6.25. The van der Waals surface area contributed by atoms with E-state index in [0.29, 0.717) is 5.56 Å². The van der Waals surface area contributed by atoms with Crippen LogP contribution < -0.4 is 10.5 Å². The fraction of sp³-hybridized carbons (Fsp3) is 0.0714. The average molecular weight is 285 g/mol. The van der Waals surface area contributed by atoms with Crippen LogP contribution in [0, 0.1) is 5.82 Å². The largest absolute Gasteiger partial charge is 0.404 e. The Balaban J connectivity index is 1.85. The molecule has 106 valence electrons. The molecule has 0 aliphatic rings. The molecule has 0 saturated heterocycles. The van der Waals surface area contributed by atoms with Gasteiger partial charge in [-0.15, -0.1) is 5.10 Å². The smallest absolute Gasteiger partial charge is 0.342 e.